The first-order valence-electron chi connectivity index (χ1n) is 9.84. The second kappa shape index (κ2) is 10.2. The lowest BCUT2D eigenvalue weighted by Gasteiger charge is -2.20. The molecule has 2 aromatic carbocycles. The number of thiophene rings is 1. The van der Waals surface area contributed by atoms with Crippen LogP contribution in [0, 0.1) is 0 Å². The molecule has 0 bridgehead atoms. The number of ether oxygens (including phenoxy) is 1. The Balaban J connectivity index is 1.69. The molecule has 156 valence electrons. The molecule has 0 aliphatic heterocycles. The van der Waals surface area contributed by atoms with Crippen LogP contribution >= 0.6 is 11.3 Å². The van der Waals surface area contributed by atoms with E-state index in [1.54, 1.807) is 31.3 Å². The van der Waals surface area contributed by atoms with Crippen LogP contribution in [0.3, 0.4) is 0 Å². The molecule has 1 aromatic heterocycles. The summed E-state index contributed by atoms with van der Waals surface area (Å²) >= 11 is 1.38. The number of carbonyl (C=O) groups is 2. The van der Waals surface area contributed by atoms with Crippen LogP contribution in [-0.4, -0.2) is 25.0 Å². The third-order valence-corrected chi connectivity index (χ3v) is 5.43. The maximum Gasteiger partial charge on any atom is 0.268 e. The number of rotatable bonds is 8. The van der Waals surface area contributed by atoms with Crippen LogP contribution in [0.15, 0.2) is 66.0 Å². The van der Waals surface area contributed by atoms with Gasteiger partial charge in [-0.25, -0.2) is 0 Å². The van der Waals surface area contributed by atoms with E-state index in [2.05, 4.69) is 5.32 Å². The molecule has 1 N–H and O–H groups in total. The van der Waals surface area contributed by atoms with Crippen molar-refractivity contribution < 1.29 is 14.3 Å². The van der Waals surface area contributed by atoms with Crippen LogP contribution in [-0.2, 0) is 17.9 Å². The number of para-hydroxylation sites is 1. The van der Waals surface area contributed by atoms with Crippen molar-refractivity contribution in [1.29, 1.82) is 0 Å². The first kappa shape index (κ1) is 21.7. The van der Waals surface area contributed by atoms with E-state index in [1.807, 2.05) is 55.6 Å². The molecular formula is C24H26N2O3S. The van der Waals surface area contributed by atoms with E-state index in [0.717, 1.165) is 11.1 Å². The number of nitrogens with zero attached hydrogens (tertiary/aromatic N) is 1. The highest BCUT2D eigenvalue weighted by atomic mass is 32.1. The van der Waals surface area contributed by atoms with Crippen LogP contribution in [0.4, 0.5) is 5.69 Å². The van der Waals surface area contributed by atoms with E-state index in [9.17, 15) is 9.59 Å². The van der Waals surface area contributed by atoms with E-state index in [-0.39, 0.29) is 17.9 Å². The third kappa shape index (κ3) is 5.55. The van der Waals surface area contributed by atoms with Gasteiger partial charge in [-0.2, -0.15) is 0 Å². The minimum atomic E-state index is -0.222. The fourth-order valence-electron chi connectivity index (χ4n) is 3.00. The Morgan fingerprint density at radius 2 is 1.80 bits per heavy atom. The minimum absolute atomic E-state index is 0.136. The molecule has 6 heteroatoms. The Morgan fingerprint density at radius 3 is 2.53 bits per heavy atom. The Bertz CT molecular complexity index is 999. The van der Waals surface area contributed by atoms with Gasteiger partial charge in [-0.1, -0.05) is 42.5 Å². The summed E-state index contributed by atoms with van der Waals surface area (Å²) in [5.41, 5.74) is 3.10. The lowest BCUT2D eigenvalue weighted by molar-refractivity contribution is 0.0657. The molecule has 30 heavy (non-hydrogen) atoms. The van der Waals surface area contributed by atoms with Gasteiger partial charge in [-0.3, -0.25) is 9.59 Å². The molecule has 3 rings (SSSR count). The topological polar surface area (TPSA) is 58.6 Å². The van der Waals surface area contributed by atoms with Gasteiger partial charge in [0.2, 0.25) is 0 Å². The second-order valence-corrected chi connectivity index (χ2v) is 8.17. The lowest BCUT2D eigenvalue weighted by Crippen LogP contribution is -2.30. The number of nitrogens with one attached hydrogen (secondary N) is 1. The van der Waals surface area contributed by atoms with Gasteiger partial charge >= 0.3 is 0 Å². The molecule has 0 aliphatic rings. The van der Waals surface area contributed by atoms with Gasteiger partial charge < -0.3 is 15.0 Å². The number of hydrogen-bond donors (Lipinski definition) is 1. The summed E-state index contributed by atoms with van der Waals surface area (Å²) in [6.45, 7) is 4.94. The summed E-state index contributed by atoms with van der Waals surface area (Å²) in [5, 5.41) is 4.82. The molecule has 0 aliphatic carbocycles. The van der Waals surface area contributed by atoms with E-state index < -0.39 is 0 Å². The van der Waals surface area contributed by atoms with Crippen molar-refractivity contribution in [3.05, 3.63) is 87.6 Å². The Labute approximate surface area is 181 Å². The molecule has 0 spiro atoms. The Morgan fingerprint density at radius 1 is 1.03 bits per heavy atom. The summed E-state index contributed by atoms with van der Waals surface area (Å²) in [6.07, 6.45) is 0.165. The zero-order valence-corrected chi connectivity index (χ0v) is 18.2. The molecule has 1 heterocycles. The number of carbonyl (C=O) groups excluding carboxylic acids is 2. The van der Waals surface area contributed by atoms with Crippen LogP contribution in [0.5, 0.6) is 0 Å². The number of amides is 2. The normalized spacial score (nSPS) is 10.8. The molecule has 3 aromatic rings. The van der Waals surface area contributed by atoms with Gasteiger partial charge in [-0.15, -0.1) is 11.3 Å². The third-order valence-electron chi connectivity index (χ3n) is 4.57. The fourth-order valence-corrected chi connectivity index (χ4v) is 3.70. The molecule has 0 fully saturated rings. The van der Waals surface area contributed by atoms with Gasteiger partial charge in [0, 0.05) is 13.6 Å². The summed E-state index contributed by atoms with van der Waals surface area (Å²) in [7, 11) is 1.69. The predicted molar refractivity (Wildman–Crippen MR) is 121 cm³/mol. The van der Waals surface area contributed by atoms with Crippen molar-refractivity contribution >= 4 is 28.8 Å². The highest BCUT2D eigenvalue weighted by Crippen LogP contribution is 2.22. The Kier molecular flexibility index (Phi) is 7.38. The average Bonchev–Trinajstić information content (AvgIpc) is 3.30. The van der Waals surface area contributed by atoms with Crippen molar-refractivity contribution in [2.75, 3.05) is 11.9 Å². The smallest absolute Gasteiger partial charge is 0.268 e. The van der Waals surface area contributed by atoms with Crippen molar-refractivity contribution in [1.82, 2.24) is 5.32 Å². The van der Waals surface area contributed by atoms with Gasteiger partial charge in [0.1, 0.15) is 0 Å². The van der Waals surface area contributed by atoms with Crippen molar-refractivity contribution in [2.24, 2.45) is 0 Å². The number of hydrogen-bond acceptors (Lipinski definition) is 4. The maximum absolute atomic E-state index is 12.9. The summed E-state index contributed by atoms with van der Waals surface area (Å²) in [6, 6.07) is 18.7. The minimum Gasteiger partial charge on any atom is -0.374 e. The van der Waals surface area contributed by atoms with Gasteiger partial charge in [0.15, 0.2) is 0 Å². The molecule has 0 saturated heterocycles. The molecule has 2 amide bonds. The van der Waals surface area contributed by atoms with Crippen molar-refractivity contribution in [3.63, 3.8) is 0 Å². The Hall–Kier alpha value is -2.96. The van der Waals surface area contributed by atoms with Crippen LogP contribution < -0.4 is 10.2 Å². The molecule has 0 atom stereocenters. The van der Waals surface area contributed by atoms with E-state index in [4.69, 9.17) is 4.74 Å². The summed E-state index contributed by atoms with van der Waals surface area (Å²) in [5.74, 6) is -0.358. The first-order chi connectivity index (χ1) is 14.5. The summed E-state index contributed by atoms with van der Waals surface area (Å²) < 4.78 is 5.65. The molecule has 0 saturated carbocycles. The van der Waals surface area contributed by atoms with Crippen molar-refractivity contribution in [2.45, 2.75) is 33.1 Å². The zero-order valence-electron chi connectivity index (χ0n) is 17.4. The van der Waals surface area contributed by atoms with Crippen LogP contribution in [0.1, 0.15) is 45.0 Å². The number of benzene rings is 2. The molecular weight excluding hydrogens is 396 g/mol. The zero-order chi connectivity index (χ0) is 21.5. The lowest BCUT2D eigenvalue weighted by atomic mass is 10.1. The number of anilines is 1. The van der Waals surface area contributed by atoms with E-state index in [0.29, 0.717) is 29.3 Å². The monoisotopic (exact) mass is 422 g/mol. The second-order valence-electron chi connectivity index (χ2n) is 7.22. The van der Waals surface area contributed by atoms with Gasteiger partial charge in [0.05, 0.1) is 28.8 Å². The first-order valence-corrected chi connectivity index (χ1v) is 10.7. The summed E-state index contributed by atoms with van der Waals surface area (Å²) in [4.78, 5) is 27.7. The SMILES string of the molecule is CC(C)OCc1cccc(CNC(=O)c2ccccc2N(C)C(=O)c2cccs2)c1. The van der Waals surface area contributed by atoms with E-state index >= 15 is 0 Å². The predicted octanol–water partition coefficient (Wildman–Crippen LogP) is 4.88. The maximum atomic E-state index is 12.9. The van der Waals surface area contributed by atoms with Crippen LogP contribution in [0.2, 0.25) is 0 Å². The largest absolute Gasteiger partial charge is 0.374 e. The molecule has 5 nitrogen and oxygen atoms in total. The highest BCUT2D eigenvalue weighted by molar-refractivity contribution is 7.12. The average molecular weight is 423 g/mol. The molecule has 0 unspecified atom stereocenters. The standard InChI is InChI=1S/C24H26N2O3S/c1-17(2)29-16-19-9-6-8-18(14-19)15-25-23(27)20-10-4-5-11-21(20)26(3)24(28)22-12-7-13-30-22/h4-14,17H,15-16H2,1-3H3,(H,25,27). The van der Waals surface area contributed by atoms with Gasteiger partial charge in [-0.05, 0) is 48.6 Å². The highest BCUT2D eigenvalue weighted by Gasteiger charge is 2.20. The van der Waals surface area contributed by atoms with Crippen LogP contribution in [0.25, 0.3) is 0 Å². The van der Waals surface area contributed by atoms with Gasteiger partial charge in [0.25, 0.3) is 11.8 Å². The van der Waals surface area contributed by atoms with E-state index in [1.165, 1.54) is 16.2 Å². The van der Waals surface area contributed by atoms with Crippen molar-refractivity contribution in [3.8, 4) is 0 Å². The quantitative estimate of drug-likeness (QED) is 0.563. The fraction of sp³-hybridized carbons (Fsp3) is 0.250. The molecule has 0 radical (unpaired) electrons.